The highest BCUT2D eigenvalue weighted by Gasteiger charge is 2.18. The van der Waals surface area contributed by atoms with Crippen LogP contribution in [0, 0.1) is 15.9 Å². The minimum atomic E-state index is -0.427. The summed E-state index contributed by atoms with van der Waals surface area (Å²) in [4.78, 5) is 15.1. The molecule has 0 saturated carbocycles. The van der Waals surface area contributed by atoms with E-state index in [9.17, 15) is 14.5 Å². The molecule has 0 aliphatic rings. The fourth-order valence-corrected chi connectivity index (χ4v) is 2.99. The van der Waals surface area contributed by atoms with Crippen LogP contribution in [0.4, 0.5) is 10.1 Å². The third-order valence-corrected chi connectivity index (χ3v) is 4.35. The molecule has 2 heterocycles. The van der Waals surface area contributed by atoms with Gasteiger partial charge in [0.15, 0.2) is 0 Å². The molecule has 0 saturated heterocycles. The van der Waals surface area contributed by atoms with E-state index in [1.54, 1.807) is 53.6 Å². The molecule has 4 aromatic rings. The van der Waals surface area contributed by atoms with Crippen molar-refractivity contribution in [2.24, 2.45) is 0 Å². The number of hydrogen-bond acceptors (Lipinski definition) is 4. The summed E-state index contributed by atoms with van der Waals surface area (Å²) in [7, 11) is 0. The second-order valence-corrected chi connectivity index (χ2v) is 6.26. The summed E-state index contributed by atoms with van der Waals surface area (Å²) in [6.45, 7) is 0.513. The molecule has 0 fully saturated rings. The van der Waals surface area contributed by atoms with E-state index in [0.29, 0.717) is 17.8 Å². The Morgan fingerprint density at radius 1 is 1.04 bits per heavy atom. The zero-order valence-corrected chi connectivity index (χ0v) is 14.7. The maximum Gasteiger partial charge on any atom is 0.278 e. The summed E-state index contributed by atoms with van der Waals surface area (Å²) in [6, 6.07) is 16.3. The number of nitro benzene ring substituents is 1. The quantitative estimate of drug-likeness (QED) is 0.375. The molecule has 2 aromatic heterocycles. The normalized spacial score (nSPS) is 10.8. The first-order valence-electron chi connectivity index (χ1n) is 8.57. The molecule has 0 amide bonds. The molecule has 6 nitrogen and oxygen atoms in total. The molecule has 7 heteroatoms. The molecule has 0 spiro atoms. The lowest BCUT2D eigenvalue weighted by Crippen LogP contribution is -2.01. The van der Waals surface area contributed by atoms with Gasteiger partial charge in [0.05, 0.1) is 22.7 Å². The zero-order chi connectivity index (χ0) is 19.5. The van der Waals surface area contributed by atoms with E-state index in [0.717, 1.165) is 16.7 Å². The Morgan fingerprint density at radius 3 is 2.54 bits per heavy atom. The summed E-state index contributed by atoms with van der Waals surface area (Å²) in [6.07, 6.45) is 5.22. The predicted octanol–water partition coefficient (Wildman–Crippen LogP) is 4.71. The monoisotopic (exact) mass is 374 g/mol. The lowest BCUT2D eigenvalue weighted by molar-refractivity contribution is -0.384. The van der Waals surface area contributed by atoms with E-state index < -0.39 is 4.92 Å². The third-order valence-electron chi connectivity index (χ3n) is 4.35. The average molecular weight is 374 g/mol. The first kappa shape index (κ1) is 17.5. The van der Waals surface area contributed by atoms with Gasteiger partial charge in [0.25, 0.3) is 5.69 Å². The van der Waals surface area contributed by atoms with E-state index >= 15 is 0 Å². The average Bonchev–Trinajstić information content (AvgIpc) is 3.17. The van der Waals surface area contributed by atoms with Crippen LogP contribution in [0.5, 0.6) is 0 Å². The fraction of sp³-hybridized carbons (Fsp3) is 0.0476. The number of pyridine rings is 1. The summed E-state index contributed by atoms with van der Waals surface area (Å²) < 4.78 is 14.9. The Balaban J connectivity index is 1.72. The fourth-order valence-electron chi connectivity index (χ4n) is 2.99. The van der Waals surface area contributed by atoms with Crippen molar-refractivity contribution >= 4 is 5.69 Å². The molecule has 0 N–H and O–H groups in total. The van der Waals surface area contributed by atoms with E-state index in [-0.39, 0.29) is 11.5 Å². The molecule has 0 unspecified atom stereocenters. The zero-order valence-electron chi connectivity index (χ0n) is 14.7. The van der Waals surface area contributed by atoms with Gasteiger partial charge in [0.2, 0.25) is 0 Å². The van der Waals surface area contributed by atoms with Crippen LogP contribution in [0.15, 0.2) is 79.3 Å². The first-order chi connectivity index (χ1) is 13.6. The van der Waals surface area contributed by atoms with Gasteiger partial charge < -0.3 is 0 Å². The Labute approximate surface area is 160 Å². The Morgan fingerprint density at radius 2 is 1.82 bits per heavy atom. The predicted molar refractivity (Wildman–Crippen MR) is 103 cm³/mol. The standard InChI is InChI=1S/C21H15FN4O2/c22-18-6-3-16(4-7-18)17-5-8-21(26(27)28)19(12-17)20-9-11-25(24-20)14-15-2-1-10-23-13-15/h1-13H,14H2. The van der Waals surface area contributed by atoms with Crippen LogP contribution >= 0.6 is 0 Å². The molecular formula is C21H15FN4O2. The Kier molecular flexibility index (Phi) is 4.63. The number of halogens is 1. The molecule has 28 heavy (non-hydrogen) atoms. The van der Waals surface area contributed by atoms with Gasteiger partial charge in [-0.05, 0) is 53.1 Å². The minimum absolute atomic E-state index is 0.0301. The maximum absolute atomic E-state index is 13.2. The number of benzene rings is 2. The second-order valence-electron chi connectivity index (χ2n) is 6.26. The summed E-state index contributed by atoms with van der Waals surface area (Å²) in [5.74, 6) is -0.333. The number of rotatable bonds is 5. The molecule has 138 valence electrons. The third kappa shape index (κ3) is 3.64. The van der Waals surface area contributed by atoms with E-state index in [1.165, 1.54) is 18.2 Å². The smallest absolute Gasteiger partial charge is 0.268 e. The maximum atomic E-state index is 13.2. The van der Waals surface area contributed by atoms with Crippen molar-refractivity contribution in [1.82, 2.24) is 14.8 Å². The van der Waals surface area contributed by atoms with Crippen molar-refractivity contribution in [2.45, 2.75) is 6.54 Å². The minimum Gasteiger partial charge on any atom is -0.268 e. The van der Waals surface area contributed by atoms with Crippen LogP contribution in [0.3, 0.4) is 0 Å². The van der Waals surface area contributed by atoms with Crippen LogP contribution < -0.4 is 0 Å². The first-order valence-corrected chi connectivity index (χ1v) is 8.57. The molecule has 2 aromatic carbocycles. The van der Waals surface area contributed by atoms with Crippen molar-refractivity contribution in [3.63, 3.8) is 0 Å². The number of aromatic nitrogens is 3. The van der Waals surface area contributed by atoms with E-state index in [2.05, 4.69) is 10.1 Å². The van der Waals surface area contributed by atoms with E-state index in [4.69, 9.17) is 0 Å². The van der Waals surface area contributed by atoms with Gasteiger partial charge in [0.1, 0.15) is 5.82 Å². The van der Waals surface area contributed by atoms with Gasteiger partial charge in [-0.25, -0.2) is 4.39 Å². The van der Waals surface area contributed by atoms with Gasteiger partial charge in [-0.2, -0.15) is 5.10 Å². The Bertz CT molecular complexity index is 1120. The van der Waals surface area contributed by atoms with Gasteiger partial charge >= 0.3 is 0 Å². The summed E-state index contributed by atoms with van der Waals surface area (Å²) >= 11 is 0. The van der Waals surface area contributed by atoms with Gasteiger partial charge in [-0.3, -0.25) is 19.8 Å². The molecule has 0 aliphatic heterocycles. The van der Waals surface area contributed by atoms with Crippen molar-refractivity contribution in [1.29, 1.82) is 0 Å². The van der Waals surface area contributed by atoms with Crippen molar-refractivity contribution < 1.29 is 9.31 Å². The van der Waals surface area contributed by atoms with Crippen molar-refractivity contribution in [3.8, 4) is 22.4 Å². The van der Waals surface area contributed by atoms with Crippen LogP contribution in [0.2, 0.25) is 0 Å². The highest BCUT2D eigenvalue weighted by atomic mass is 19.1. The lowest BCUT2D eigenvalue weighted by Gasteiger charge is -2.06. The highest BCUT2D eigenvalue weighted by Crippen LogP contribution is 2.33. The molecule has 0 aliphatic carbocycles. The van der Waals surface area contributed by atoms with Crippen molar-refractivity contribution in [3.05, 3.63) is 101 Å². The van der Waals surface area contributed by atoms with Crippen molar-refractivity contribution in [2.75, 3.05) is 0 Å². The molecule has 0 atom stereocenters. The highest BCUT2D eigenvalue weighted by molar-refractivity contribution is 5.78. The number of nitro groups is 1. The molecule has 4 rings (SSSR count). The van der Waals surface area contributed by atoms with Crippen LogP contribution in [0.1, 0.15) is 5.56 Å². The van der Waals surface area contributed by atoms with Crippen LogP contribution in [-0.2, 0) is 6.54 Å². The van der Waals surface area contributed by atoms with Gasteiger partial charge in [0, 0.05) is 24.7 Å². The Hall–Kier alpha value is -3.87. The second kappa shape index (κ2) is 7.40. The van der Waals surface area contributed by atoms with Crippen LogP contribution in [0.25, 0.3) is 22.4 Å². The molecular weight excluding hydrogens is 359 g/mol. The topological polar surface area (TPSA) is 73.8 Å². The summed E-state index contributed by atoms with van der Waals surface area (Å²) in [5.41, 5.74) is 3.38. The van der Waals surface area contributed by atoms with Gasteiger partial charge in [-0.15, -0.1) is 0 Å². The van der Waals surface area contributed by atoms with Gasteiger partial charge in [-0.1, -0.05) is 18.2 Å². The largest absolute Gasteiger partial charge is 0.278 e. The molecule has 0 bridgehead atoms. The lowest BCUT2D eigenvalue weighted by atomic mass is 10.0. The van der Waals surface area contributed by atoms with Crippen LogP contribution in [-0.4, -0.2) is 19.7 Å². The number of nitrogens with zero attached hydrogens (tertiary/aromatic N) is 4. The number of hydrogen-bond donors (Lipinski definition) is 0. The molecule has 0 radical (unpaired) electrons. The summed E-state index contributed by atoms with van der Waals surface area (Å²) in [5, 5.41) is 16.0. The van der Waals surface area contributed by atoms with E-state index in [1.807, 2.05) is 12.1 Å². The SMILES string of the molecule is O=[N+]([O-])c1ccc(-c2ccc(F)cc2)cc1-c1ccn(Cc2cccnc2)n1.